The predicted molar refractivity (Wildman–Crippen MR) is 226 cm³/mol. The van der Waals surface area contributed by atoms with E-state index < -0.39 is 74.6 Å². The largest absolute Gasteiger partial charge is 0.495 e. The zero-order chi connectivity index (χ0) is 45.1. The Morgan fingerprint density at radius 2 is 0.871 bits per heavy atom. The van der Waals surface area contributed by atoms with Gasteiger partial charge >= 0.3 is 0 Å². The zero-order valence-electron chi connectivity index (χ0n) is 35.1. The molecule has 62 heavy (non-hydrogen) atoms. The Balaban J connectivity index is 1.29. The van der Waals surface area contributed by atoms with Crippen molar-refractivity contribution in [2.75, 3.05) is 78.6 Å². The third-order valence-electron chi connectivity index (χ3n) is 9.95. The fraction of sp³-hybridized carbons (Fsp3) is 0.435. The van der Waals surface area contributed by atoms with Gasteiger partial charge in [-0.2, -0.15) is 0 Å². The van der Waals surface area contributed by atoms with Crippen LogP contribution in [0.3, 0.4) is 0 Å². The molecule has 0 saturated carbocycles. The SMILES string of the molecule is COc1cc(C#Cc2ccc(C#CCO[C@@H]3O[C@H](CO)[C@@H](O)[C@H](O)[C@H]3O)cc2N(C)C)c(OC)cc1C#Cc1ccc(C#CCO[C@@H]2O[C@H](CO)[C@@H](O)[C@H](O)[C@H]2O)cc1N(C)C. The van der Waals surface area contributed by atoms with Crippen LogP contribution in [0.2, 0.25) is 0 Å². The Morgan fingerprint density at radius 3 is 1.21 bits per heavy atom. The first kappa shape index (κ1) is 47.7. The molecule has 0 amide bonds. The minimum Gasteiger partial charge on any atom is -0.495 e. The van der Waals surface area contributed by atoms with Crippen molar-refractivity contribution >= 4 is 11.4 Å². The fourth-order valence-electron chi connectivity index (χ4n) is 6.47. The summed E-state index contributed by atoms with van der Waals surface area (Å²) in [5, 5.41) is 79.1. The molecule has 16 nitrogen and oxygen atoms in total. The topological polar surface area (TPSA) is 224 Å². The van der Waals surface area contributed by atoms with Crippen LogP contribution < -0.4 is 19.3 Å². The second-order valence-electron chi connectivity index (χ2n) is 14.6. The maximum absolute atomic E-state index is 10.2. The molecule has 0 aliphatic carbocycles. The average molecular weight is 857 g/mol. The molecule has 8 N–H and O–H groups in total. The van der Waals surface area contributed by atoms with Crippen LogP contribution in [0.25, 0.3) is 0 Å². The molecule has 0 aromatic heterocycles. The van der Waals surface area contributed by atoms with Crippen LogP contribution in [-0.2, 0) is 18.9 Å². The van der Waals surface area contributed by atoms with Gasteiger partial charge < -0.3 is 79.1 Å². The van der Waals surface area contributed by atoms with Gasteiger partial charge in [0.05, 0.1) is 49.9 Å². The summed E-state index contributed by atoms with van der Waals surface area (Å²) < 4.78 is 33.1. The minimum absolute atomic E-state index is 0.153. The molecule has 3 aromatic rings. The molecule has 0 unspecified atom stereocenters. The van der Waals surface area contributed by atoms with E-state index in [2.05, 4.69) is 47.4 Å². The molecule has 0 spiro atoms. The van der Waals surface area contributed by atoms with E-state index in [0.717, 1.165) is 11.4 Å². The summed E-state index contributed by atoms with van der Waals surface area (Å²) in [6.07, 6.45) is -13.8. The molecule has 2 fully saturated rings. The maximum Gasteiger partial charge on any atom is 0.187 e. The Kier molecular flexibility index (Phi) is 17.0. The highest BCUT2D eigenvalue weighted by atomic mass is 16.7. The highest BCUT2D eigenvalue weighted by Crippen LogP contribution is 2.30. The van der Waals surface area contributed by atoms with Gasteiger partial charge in [0.1, 0.15) is 73.5 Å². The third kappa shape index (κ3) is 11.5. The van der Waals surface area contributed by atoms with Crippen molar-refractivity contribution < 1.29 is 69.3 Å². The van der Waals surface area contributed by atoms with Crippen LogP contribution in [0.4, 0.5) is 11.4 Å². The number of aliphatic hydroxyl groups excluding tert-OH is 8. The summed E-state index contributed by atoms with van der Waals surface area (Å²) in [6.45, 7) is -1.43. The van der Waals surface area contributed by atoms with Gasteiger partial charge in [-0.25, -0.2) is 0 Å². The van der Waals surface area contributed by atoms with E-state index in [9.17, 15) is 40.9 Å². The Morgan fingerprint density at radius 1 is 0.500 bits per heavy atom. The van der Waals surface area contributed by atoms with Crippen LogP contribution in [-0.4, -0.2) is 171 Å². The number of ether oxygens (including phenoxy) is 6. The lowest BCUT2D eigenvalue weighted by atomic mass is 9.99. The first-order valence-electron chi connectivity index (χ1n) is 19.5. The summed E-state index contributed by atoms with van der Waals surface area (Å²) in [4.78, 5) is 3.80. The molecule has 2 aliphatic heterocycles. The number of benzene rings is 3. The number of hydrogen-bond acceptors (Lipinski definition) is 16. The highest BCUT2D eigenvalue weighted by Gasteiger charge is 2.45. The summed E-state index contributed by atoms with van der Waals surface area (Å²) in [5.41, 5.74) is 5.49. The quantitative estimate of drug-likeness (QED) is 0.114. The van der Waals surface area contributed by atoms with Crippen molar-refractivity contribution in [3.63, 3.8) is 0 Å². The molecule has 0 radical (unpaired) electrons. The lowest BCUT2D eigenvalue weighted by molar-refractivity contribution is -0.298. The summed E-state index contributed by atoms with van der Waals surface area (Å²) in [5.74, 6) is 25.5. The van der Waals surface area contributed by atoms with E-state index in [1.54, 1.807) is 38.5 Å². The van der Waals surface area contributed by atoms with Crippen molar-refractivity contribution in [1.29, 1.82) is 0 Å². The summed E-state index contributed by atoms with van der Waals surface area (Å²) in [7, 11) is 10.6. The van der Waals surface area contributed by atoms with Gasteiger partial charge in [0, 0.05) is 62.6 Å². The molecule has 0 bridgehead atoms. The summed E-state index contributed by atoms with van der Waals surface area (Å²) in [6, 6.07) is 14.5. The average Bonchev–Trinajstić information content (AvgIpc) is 3.27. The molecule has 2 aliphatic rings. The van der Waals surface area contributed by atoms with E-state index in [4.69, 9.17) is 28.4 Å². The van der Waals surface area contributed by atoms with Crippen molar-refractivity contribution in [2.24, 2.45) is 0 Å². The Hall–Kier alpha value is -5.38. The van der Waals surface area contributed by atoms with Gasteiger partial charge in [-0.3, -0.25) is 0 Å². The Bertz CT molecular complexity index is 2110. The maximum atomic E-state index is 10.2. The van der Waals surface area contributed by atoms with E-state index in [1.807, 2.05) is 62.3 Å². The molecule has 5 rings (SSSR count). The van der Waals surface area contributed by atoms with Crippen molar-refractivity contribution in [3.8, 4) is 58.9 Å². The van der Waals surface area contributed by atoms with Crippen molar-refractivity contribution in [3.05, 3.63) is 81.9 Å². The monoisotopic (exact) mass is 856 g/mol. The first-order valence-corrected chi connectivity index (χ1v) is 19.5. The fourth-order valence-corrected chi connectivity index (χ4v) is 6.47. The number of anilines is 2. The lowest BCUT2D eigenvalue weighted by Crippen LogP contribution is -2.59. The summed E-state index contributed by atoms with van der Waals surface area (Å²) >= 11 is 0. The van der Waals surface area contributed by atoms with Gasteiger partial charge in [0.25, 0.3) is 0 Å². The van der Waals surface area contributed by atoms with Gasteiger partial charge in [0.2, 0.25) is 0 Å². The van der Waals surface area contributed by atoms with Gasteiger partial charge in [-0.15, -0.1) is 0 Å². The molecule has 16 heteroatoms. The normalized spacial score (nSPS) is 25.3. The van der Waals surface area contributed by atoms with Crippen LogP contribution in [0.5, 0.6) is 11.5 Å². The second-order valence-corrected chi connectivity index (χ2v) is 14.6. The zero-order valence-corrected chi connectivity index (χ0v) is 35.1. The van der Waals surface area contributed by atoms with E-state index in [1.165, 1.54) is 0 Å². The van der Waals surface area contributed by atoms with Crippen LogP contribution in [0.1, 0.15) is 33.4 Å². The molecule has 3 aromatic carbocycles. The molecule has 2 heterocycles. The number of rotatable bonds is 10. The predicted octanol–water partition coefficient (Wildman–Crippen LogP) is -1.03. The number of hydrogen-bond donors (Lipinski definition) is 8. The first-order chi connectivity index (χ1) is 29.7. The minimum atomic E-state index is -1.54. The van der Waals surface area contributed by atoms with Crippen LogP contribution in [0.15, 0.2) is 48.5 Å². The lowest BCUT2D eigenvalue weighted by Gasteiger charge is -2.39. The highest BCUT2D eigenvalue weighted by molar-refractivity contribution is 5.68. The molecule has 10 atom stereocenters. The van der Waals surface area contributed by atoms with E-state index in [0.29, 0.717) is 44.9 Å². The van der Waals surface area contributed by atoms with Crippen LogP contribution in [0, 0.1) is 47.4 Å². The standard InChI is InChI=1S/C46H52N2O14/c1-47(2)33-21-27(9-7-19-59-45-43(55)41(53)39(51)37(25-49)61-45)11-13-29(33)15-17-31-23-36(58-6)32(24-35(31)57-5)18-16-30-14-12-28(22-34(30)48(3)4)10-8-20-60-46-44(56)42(54)40(52)38(26-50)62-46/h11-14,21-24,37-46,49-56H,19-20,25-26H2,1-6H3/t37-,38-,39-,40-,41+,42+,43-,44-,45-,46-/m1/s1. The number of aliphatic hydroxyl groups is 8. The third-order valence-corrected chi connectivity index (χ3v) is 9.95. The number of methoxy groups -OCH3 is 2. The number of nitrogens with zero attached hydrogens (tertiary/aromatic N) is 2. The molecular formula is C46H52N2O14. The van der Waals surface area contributed by atoms with Gasteiger partial charge in [-0.1, -0.05) is 47.4 Å². The molecule has 330 valence electrons. The van der Waals surface area contributed by atoms with Crippen LogP contribution >= 0.6 is 0 Å². The van der Waals surface area contributed by atoms with Crippen molar-refractivity contribution in [2.45, 2.75) is 61.4 Å². The van der Waals surface area contributed by atoms with E-state index >= 15 is 0 Å². The second kappa shape index (κ2) is 22.1. The van der Waals surface area contributed by atoms with E-state index in [-0.39, 0.29) is 13.2 Å². The molecule has 2 saturated heterocycles. The smallest absolute Gasteiger partial charge is 0.187 e. The molecular weight excluding hydrogens is 805 g/mol. The van der Waals surface area contributed by atoms with Gasteiger partial charge in [0.15, 0.2) is 12.6 Å². The van der Waals surface area contributed by atoms with Gasteiger partial charge in [-0.05, 0) is 36.4 Å². The Labute approximate surface area is 360 Å². The van der Waals surface area contributed by atoms with Crippen molar-refractivity contribution in [1.82, 2.24) is 0 Å².